The molecule has 31 heavy (non-hydrogen) atoms. The van der Waals surface area contributed by atoms with E-state index in [1.807, 2.05) is 0 Å². The molecule has 3 aliphatic heterocycles. The number of ether oxygens (including phenoxy) is 1. The molecule has 1 aromatic rings. The highest BCUT2D eigenvalue weighted by atomic mass is 16.5. The number of aromatic nitrogens is 2. The average molecular weight is 431 g/mol. The molecule has 0 unspecified atom stereocenters. The van der Waals surface area contributed by atoms with Crippen molar-refractivity contribution >= 4 is 17.7 Å². The minimum atomic E-state index is -0.770. The van der Waals surface area contributed by atoms with Crippen molar-refractivity contribution in [1.29, 1.82) is 0 Å². The fraction of sp³-hybridized carbons (Fsp3) is 0.773. The van der Waals surface area contributed by atoms with Gasteiger partial charge in [0.05, 0.1) is 6.10 Å². The summed E-state index contributed by atoms with van der Waals surface area (Å²) in [6, 6.07) is 0.590. The Balaban J connectivity index is 1.17. The van der Waals surface area contributed by atoms with Gasteiger partial charge in [-0.25, -0.2) is 14.8 Å². The summed E-state index contributed by atoms with van der Waals surface area (Å²) in [5, 5.41) is 9.16. The molecule has 1 amide bonds. The molecule has 1 spiro atoms. The van der Waals surface area contributed by atoms with E-state index in [1.165, 1.54) is 6.42 Å². The van der Waals surface area contributed by atoms with Crippen LogP contribution in [0.1, 0.15) is 32.1 Å². The van der Waals surface area contributed by atoms with Crippen molar-refractivity contribution in [2.75, 3.05) is 69.3 Å². The average Bonchev–Trinajstić information content (AvgIpc) is 3.24. The van der Waals surface area contributed by atoms with Crippen molar-refractivity contribution < 1.29 is 14.6 Å². The first kappa shape index (κ1) is 20.8. The highest BCUT2D eigenvalue weighted by molar-refractivity contribution is 5.66. The Labute approximate surface area is 184 Å². The molecule has 4 aliphatic rings. The predicted molar refractivity (Wildman–Crippen MR) is 118 cm³/mol. The summed E-state index contributed by atoms with van der Waals surface area (Å²) >= 11 is 0. The standard InChI is InChI=1S/C22H34N6O3/c1-31-18-3-8-26(9-4-18)19-20(24-7-6-23-19)27-12-10-25(11-13-27)17-2-5-22(14-17)15-28(16-22)21(29)30/h6-7,17-18H,2-5,8-16H2,1H3,(H,29,30)/t17-/m1/s1. The zero-order valence-electron chi connectivity index (χ0n) is 18.4. The van der Waals surface area contributed by atoms with Crippen LogP contribution in [0, 0.1) is 5.41 Å². The van der Waals surface area contributed by atoms with Crippen LogP contribution in [-0.4, -0.2) is 103 Å². The smallest absolute Gasteiger partial charge is 0.407 e. The van der Waals surface area contributed by atoms with E-state index in [0.29, 0.717) is 12.1 Å². The van der Waals surface area contributed by atoms with Gasteiger partial charge in [-0.15, -0.1) is 0 Å². The molecule has 1 aliphatic carbocycles. The van der Waals surface area contributed by atoms with Gasteiger partial charge in [-0.05, 0) is 32.1 Å². The van der Waals surface area contributed by atoms with Crippen LogP contribution in [0.25, 0.3) is 0 Å². The van der Waals surface area contributed by atoms with Crippen LogP contribution >= 0.6 is 0 Å². The number of methoxy groups -OCH3 is 1. The van der Waals surface area contributed by atoms with Gasteiger partial charge in [-0.3, -0.25) is 4.90 Å². The van der Waals surface area contributed by atoms with Gasteiger partial charge in [0, 0.05) is 83.3 Å². The first-order valence-electron chi connectivity index (χ1n) is 11.6. The third kappa shape index (κ3) is 4.05. The van der Waals surface area contributed by atoms with Gasteiger partial charge in [-0.1, -0.05) is 0 Å². The lowest BCUT2D eigenvalue weighted by Gasteiger charge is -2.47. The van der Waals surface area contributed by atoms with Gasteiger partial charge < -0.3 is 24.5 Å². The molecular weight excluding hydrogens is 396 g/mol. The number of carbonyl (C=O) groups is 1. The fourth-order valence-corrected chi connectivity index (χ4v) is 6.05. The zero-order chi connectivity index (χ0) is 21.4. The topological polar surface area (TPSA) is 85.3 Å². The molecule has 1 N–H and O–H groups in total. The van der Waals surface area contributed by atoms with E-state index >= 15 is 0 Å². The molecule has 1 saturated carbocycles. The highest BCUT2D eigenvalue weighted by Crippen LogP contribution is 2.47. The number of rotatable bonds is 4. The van der Waals surface area contributed by atoms with Crippen LogP contribution in [0.2, 0.25) is 0 Å². The molecule has 1 aromatic heterocycles. The van der Waals surface area contributed by atoms with Crippen LogP contribution in [0.15, 0.2) is 12.4 Å². The molecule has 1 atom stereocenters. The third-order valence-electron chi connectivity index (χ3n) is 7.86. The summed E-state index contributed by atoms with van der Waals surface area (Å²) in [6.45, 7) is 7.36. The summed E-state index contributed by atoms with van der Waals surface area (Å²) in [5.41, 5.74) is 0.243. The second-order valence-electron chi connectivity index (χ2n) is 9.68. The summed E-state index contributed by atoms with van der Waals surface area (Å²) in [7, 11) is 1.80. The minimum absolute atomic E-state index is 0.243. The van der Waals surface area contributed by atoms with Crippen LogP contribution in [0.3, 0.4) is 0 Å². The molecule has 0 bridgehead atoms. The van der Waals surface area contributed by atoms with Crippen molar-refractivity contribution in [3.63, 3.8) is 0 Å². The Morgan fingerprint density at radius 1 is 1.00 bits per heavy atom. The number of hydrogen-bond acceptors (Lipinski definition) is 7. The molecule has 170 valence electrons. The van der Waals surface area contributed by atoms with E-state index in [2.05, 4.69) is 14.7 Å². The van der Waals surface area contributed by atoms with E-state index in [4.69, 9.17) is 19.8 Å². The first-order chi connectivity index (χ1) is 15.1. The van der Waals surface area contributed by atoms with Gasteiger partial charge in [0.15, 0.2) is 11.6 Å². The lowest BCUT2D eigenvalue weighted by Crippen LogP contribution is -2.58. The Hall–Kier alpha value is -2.13. The largest absolute Gasteiger partial charge is 0.465 e. The first-order valence-corrected chi connectivity index (χ1v) is 11.6. The monoisotopic (exact) mass is 430 g/mol. The van der Waals surface area contributed by atoms with Crippen molar-refractivity contribution in [1.82, 2.24) is 19.8 Å². The summed E-state index contributed by atoms with van der Waals surface area (Å²) in [4.78, 5) is 29.5. The van der Waals surface area contributed by atoms with E-state index in [9.17, 15) is 4.79 Å². The predicted octanol–water partition coefficient (Wildman–Crippen LogP) is 1.75. The maximum Gasteiger partial charge on any atom is 0.407 e. The molecular formula is C22H34N6O3. The van der Waals surface area contributed by atoms with Crippen LogP contribution in [-0.2, 0) is 4.74 Å². The van der Waals surface area contributed by atoms with Gasteiger partial charge in [0.25, 0.3) is 0 Å². The Morgan fingerprint density at radius 2 is 1.61 bits per heavy atom. The van der Waals surface area contributed by atoms with E-state index in [0.717, 1.165) is 89.7 Å². The Morgan fingerprint density at radius 3 is 2.19 bits per heavy atom. The SMILES string of the molecule is COC1CCN(c2nccnc2N2CCN([C@@H]3CCC4(C3)CN(C(=O)O)C4)CC2)CC1. The molecule has 0 radical (unpaired) electrons. The van der Waals surface area contributed by atoms with Crippen LogP contribution in [0.5, 0.6) is 0 Å². The number of piperidine rings is 1. The molecule has 9 nitrogen and oxygen atoms in total. The van der Waals surface area contributed by atoms with Crippen LogP contribution in [0.4, 0.5) is 16.4 Å². The number of amides is 1. The maximum atomic E-state index is 11.1. The summed E-state index contributed by atoms with van der Waals surface area (Å²) in [6.07, 6.45) is 8.74. The van der Waals surface area contributed by atoms with Gasteiger partial charge >= 0.3 is 6.09 Å². The normalized spacial score (nSPS) is 27.0. The number of likely N-dealkylation sites (tertiary alicyclic amines) is 1. The summed E-state index contributed by atoms with van der Waals surface area (Å²) in [5.74, 6) is 2.02. The van der Waals surface area contributed by atoms with Gasteiger partial charge in [0.2, 0.25) is 0 Å². The Kier molecular flexibility index (Phi) is 5.64. The number of piperazine rings is 1. The number of anilines is 2. The second kappa shape index (κ2) is 8.43. The highest BCUT2D eigenvalue weighted by Gasteiger charge is 2.51. The second-order valence-corrected chi connectivity index (χ2v) is 9.68. The molecule has 9 heteroatoms. The van der Waals surface area contributed by atoms with Crippen molar-refractivity contribution in [2.45, 2.75) is 44.2 Å². The number of hydrogen-bond donors (Lipinski definition) is 1. The minimum Gasteiger partial charge on any atom is -0.465 e. The van der Waals surface area contributed by atoms with Crippen molar-refractivity contribution in [3.05, 3.63) is 12.4 Å². The van der Waals surface area contributed by atoms with E-state index in [1.54, 1.807) is 24.4 Å². The fourth-order valence-electron chi connectivity index (χ4n) is 6.05. The van der Waals surface area contributed by atoms with Crippen LogP contribution < -0.4 is 9.80 Å². The zero-order valence-corrected chi connectivity index (χ0v) is 18.4. The lowest BCUT2D eigenvalue weighted by molar-refractivity contribution is 0.00903. The molecule has 3 saturated heterocycles. The number of carboxylic acid groups (broad SMARTS) is 1. The molecule has 5 rings (SSSR count). The number of nitrogens with zero attached hydrogens (tertiary/aromatic N) is 6. The van der Waals surface area contributed by atoms with E-state index in [-0.39, 0.29) is 5.41 Å². The van der Waals surface area contributed by atoms with Crippen molar-refractivity contribution in [3.8, 4) is 0 Å². The molecule has 4 heterocycles. The molecule has 0 aromatic carbocycles. The van der Waals surface area contributed by atoms with Crippen molar-refractivity contribution in [2.24, 2.45) is 5.41 Å². The van der Waals surface area contributed by atoms with Gasteiger partial charge in [-0.2, -0.15) is 0 Å². The Bertz CT molecular complexity index is 785. The lowest BCUT2D eigenvalue weighted by atomic mass is 9.78. The molecule has 4 fully saturated rings. The third-order valence-corrected chi connectivity index (χ3v) is 7.86. The van der Waals surface area contributed by atoms with Gasteiger partial charge in [0.1, 0.15) is 0 Å². The van der Waals surface area contributed by atoms with E-state index < -0.39 is 6.09 Å². The maximum absolute atomic E-state index is 11.1. The summed E-state index contributed by atoms with van der Waals surface area (Å²) < 4.78 is 5.52. The quantitative estimate of drug-likeness (QED) is 0.773.